The normalized spacial score (nSPS) is 21.7. The summed E-state index contributed by atoms with van der Waals surface area (Å²) in [6.07, 6.45) is 1.32. The maximum atomic E-state index is 11.5. The van der Waals surface area contributed by atoms with Crippen molar-refractivity contribution in [1.82, 2.24) is 15.5 Å². The molecule has 6 nitrogen and oxygen atoms in total. The number of carbonyl (C=O) groups excluding carboxylic acids is 1. The van der Waals surface area contributed by atoms with Gasteiger partial charge in [0.2, 0.25) is 0 Å². The minimum atomic E-state index is -0.807. The van der Waals surface area contributed by atoms with Gasteiger partial charge in [-0.05, 0) is 12.8 Å². The SMILES string of the molecule is O=C(NCCN1CCSCC1)NCC1(C(=O)O)CC1. The molecule has 2 rings (SSSR count). The molecule has 2 aliphatic rings. The monoisotopic (exact) mass is 287 g/mol. The minimum Gasteiger partial charge on any atom is -0.481 e. The number of urea groups is 1. The lowest BCUT2D eigenvalue weighted by molar-refractivity contribution is -0.143. The molecular weight excluding hydrogens is 266 g/mol. The van der Waals surface area contributed by atoms with E-state index in [4.69, 9.17) is 5.11 Å². The fraction of sp³-hybridized carbons (Fsp3) is 0.833. The van der Waals surface area contributed by atoms with Crippen LogP contribution in [0.15, 0.2) is 0 Å². The van der Waals surface area contributed by atoms with E-state index in [9.17, 15) is 9.59 Å². The van der Waals surface area contributed by atoms with E-state index in [2.05, 4.69) is 15.5 Å². The smallest absolute Gasteiger partial charge is 0.314 e. The summed E-state index contributed by atoms with van der Waals surface area (Å²) in [4.78, 5) is 24.8. The highest BCUT2D eigenvalue weighted by Gasteiger charge is 2.50. The first kappa shape index (κ1) is 14.5. The molecule has 1 aliphatic carbocycles. The van der Waals surface area contributed by atoms with Gasteiger partial charge in [-0.2, -0.15) is 11.8 Å². The molecule has 0 spiro atoms. The summed E-state index contributed by atoms with van der Waals surface area (Å²) in [5.41, 5.74) is -0.693. The summed E-state index contributed by atoms with van der Waals surface area (Å²) in [6, 6.07) is -0.265. The van der Waals surface area contributed by atoms with Gasteiger partial charge in [0, 0.05) is 44.2 Å². The zero-order valence-electron chi connectivity index (χ0n) is 11.0. The Morgan fingerprint density at radius 1 is 1.21 bits per heavy atom. The third-order valence-electron chi connectivity index (χ3n) is 3.71. The van der Waals surface area contributed by atoms with Crippen molar-refractivity contribution >= 4 is 23.8 Å². The third kappa shape index (κ3) is 4.28. The molecule has 0 aromatic heterocycles. The molecule has 1 heterocycles. The molecule has 0 unspecified atom stereocenters. The molecular formula is C12H21N3O3S. The molecule has 1 aliphatic heterocycles. The Morgan fingerprint density at radius 3 is 2.47 bits per heavy atom. The summed E-state index contributed by atoms with van der Waals surface area (Å²) in [5, 5.41) is 14.4. The topological polar surface area (TPSA) is 81.7 Å². The van der Waals surface area contributed by atoms with E-state index in [-0.39, 0.29) is 12.6 Å². The molecule has 0 aromatic carbocycles. The summed E-state index contributed by atoms with van der Waals surface area (Å²) < 4.78 is 0. The number of amides is 2. The van der Waals surface area contributed by atoms with Crippen LogP contribution in [0.5, 0.6) is 0 Å². The highest BCUT2D eigenvalue weighted by molar-refractivity contribution is 7.99. The highest BCUT2D eigenvalue weighted by atomic mass is 32.2. The molecule has 1 saturated heterocycles. The standard InChI is InChI=1S/C12H21N3O3S/c16-10(17)12(1-2-12)9-14-11(18)13-3-4-15-5-7-19-8-6-15/h1-9H2,(H,16,17)(H2,13,14,18). The molecule has 0 bridgehead atoms. The first-order valence-corrected chi connectivity index (χ1v) is 7.83. The summed E-state index contributed by atoms with van der Waals surface area (Å²) in [7, 11) is 0. The molecule has 0 atom stereocenters. The molecule has 0 aromatic rings. The van der Waals surface area contributed by atoms with Crippen molar-refractivity contribution in [2.45, 2.75) is 12.8 Å². The maximum Gasteiger partial charge on any atom is 0.314 e. The minimum absolute atomic E-state index is 0.231. The van der Waals surface area contributed by atoms with Crippen molar-refractivity contribution in [2.75, 3.05) is 44.2 Å². The zero-order chi connectivity index (χ0) is 13.7. The lowest BCUT2D eigenvalue weighted by atomic mass is 10.1. The van der Waals surface area contributed by atoms with Gasteiger partial charge in [-0.15, -0.1) is 0 Å². The van der Waals surface area contributed by atoms with Crippen LogP contribution in [-0.2, 0) is 4.79 Å². The average Bonchev–Trinajstić information content (AvgIpc) is 3.19. The number of carboxylic acid groups (broad SMARTS) is 1. The highest BCUT2D eigenvalue weighted by Crippen LogP contribution is 2.45. The predicted molar refractivity (Wildman–Crippen MR) is 74.5 cm³/mol. The Labute approximate surface area is 117 Å². The van der Waals surface area contributed by atoms with Crippen molar-refractivity contribution in [3.63, 3.8) is 0 Å². The molecule has 2 amide bonds. The number of rotatable bonds is 6. The summed E-state index contributed by atoms with van der Waals surface area (Å²) >= 11 is 1.96. The largest absolute Gasteiger partial charge is 0.481 e. The van der Waals surface area contributed by atoms with Crippen molar-refractivity contribution in [3.05, 3.63) is 0 Å². The van der Waals surface area contributed by atoms with Gasteiger partial charge < -0.3 is 15.7 Å². The van der Waals surface area contributed by atoms with Gasteiger partial charge in [-0.25, -0.2) is 4.79 Å². The molecule has 0 radical (unpaired) electrons. The van der Waals surface area contributed by atoms with Crippen molar-refractivity contribution in [1.29, 1.82) is 0 Å². The van der Waals surface area contributed by atoms with Crippen LogP contribution < -0.4 is 10.6 Å². The second-order valence-electron chi connectivity index (χ2n) is 5.15. The van der Waals surface area contributed by atoms with E-state index in [0.717, 1.165) is 31.1 Å². The van der Waals surface area contributed by atoms with E-state index in [1.807, 2.05) is 11.8 Å². The first-order valence-electron chi connectivity index (χ1n) is 6.68. The van der Waals surface area contributed by atoms with Gasteiger partial charge >= 0.3 is 12.0 Å². The van der Waals surface area contributed by atoms with E-state index >= 15 is 0 Å². The van der Waals surface area contributed by atoms with Crippen LogP contribution in [0.2, 0.25) is 0 Å². The molecule has 3 N–H and O–H groups in total. The molecule has 19 heavy (non-hydrogen) atoms. The number of aliphatic carboxylic acids is 1. The van der Waals surface area contributed by atoms with Crippen molar-refractivity contribution in [3.8, 4) is 0 Å². The van der Waals surface area contributed by atoms with Crippen LogP contribution in [0, 0.1) is 5.41 Å². The Balaban J connectivity index is 1.56. The second-order valence-corrected chi connectivity index (χ2v) is 6.37. The molecule has 7 heteroatoms. The number of carbonyl (C=O) groups is 2. The van der Waals surface area contributed by atoms with Crippen molar-refractivity contribution < 1.29 is 14.7 Å². The maximum absolute atomic E-state index is 11.5. The number of hydrogen-bond acceptors (Lipinski definition) is 4. The van der Waals surface area contributed by atoms with Crippen LogP contribution >= 0.6 is 11.8 Å². The van der Waals surface area contributed by atoms with E-state index < -0.39 is 11.4 Å². The number of nitrogens with one attached hydrogen (secondary N) is 2. The number of carboxylic acids is 1. The van der Waals surface area contributed by atoms with Gasteiger partial charge in [0.05, 0.1) is 5.41 Å². The molecule has 2 fully saturated rings. The van der Waals surface area contributed by atoms with Crippen LogP contribution in [0.1, 0.15) is 12.8 Å². The fourth-order valence-corrected chi connectivity index (χ4v) is 3.06. The van der Waals surface area contributed by atoms with E-state index in [1.54, 1.807) is 0 Å². The van der Waals surface area contributed by atoms with Gasteiger partial charge in [0.15, 0.2) is 0 Å². The predicted octanol–water partition coefficient (Wildman–Crippen LogP) is 0.199. The number of thioether (sulfide) groups is 1. The fourth-order valence-electron chi connectivity index (χ4n) is 2.08. The lowest BCUT2D eigenvalue weighted by Gasteiger charge is -2.26. The Morgan fingerprint density at radius 2 is 1.89 bits per heavy atom. The number of nitrogens with zero attached hydrogens (tertiary/aromatic N) is 1. The van der Waals surface area contributed by atoms with Crippen molar-refractivity contribution in [2.24, 2.45) is 5.41 Å². The molecule has 1 saturated carbocycles. The van der Waals surface area contributed by atoms with Crippen LogP contribution in [-0.4, -0.2) is 66.2 Å². The number of hydrogen-bond donors (Lipinski definition) is 3. The third-order valence-corrected chi connectivity index (χ3v) is 4.65. The zero-order valence-corrected chi connectivity index (χ0v) is 11.8. The van der Waals surface area contributed by atoms with Gasteiger partial charge in [-0.1, -0.05) is 0 Å². The lowest BCUT2D eigenvalue weighted by Crippen LogP contribution is -2.44. The molecule has 108 valence electrons. The van der Waals surface area contributed by atoms with Gasteiger partial charge in [-0.3, -0.25) is 9.69 Å². The van der Waals surface area contributed by atoms with Crippen LogP contribution in [0.25, 0.3) is 0 Å². The second kappa shape index (κ2) is 6.47. The summed E-state index contributed by atoms with van der Waals surface area (Å²) in [6.45, 7) is 3.86. The van der Waals surface area contributed by atoms with E-state index in [0.29, 0.717) is 19.4 Å². The summed E-state index contributed by atoms with van der Waals surface area (Å²) in [5.74, 6) is 1.51. The first-order chi connectivity index (χ1) is 9.12. The van der Waals surface area contributed by atoms with Crippen LogP contribution in [0.4, 0.5) is 4.79 Å². The van der Waals surface area contributed by atoms with E-state index in [1.165, 1.54) is 0 Å². The Kier molecular flexibility index (Phi) is 4.93. The Hall–Kier alpha value is -0.950. The van der Waals surface area contributed by atoms with Gasteiger partial charge in [0.25, 0.3) is 0 Å². The van der Waals surface area contributed by atoms with Crippen LogP contribution in [0.3, 0.4) is 0 Å². The Bertz CT molecular complexity index is 341. The quantitative estimate of drug-likeness (QED) is 0.650. The van der Waals surface area contributed by atoms with Gasteiger partial charge in [0.1, 0.15) is 0 Å². The average molecular weight is 287 g/mol.